The number of rotatable bonds is 18. The highest BCUT2D eigenvalue weighted by atomic mass is 16.7. The summed E-state index contributed by atoms with van der Waals surface area (Å²) in [5.41, 5.74) is -0.0523. The highest BCUT2D eigenvalue weighted by Gasteiger charge is 2.54. The number of esters is 3. The van der Waals surface area contributed by atoms with Crippen LogP contribution in [0.5, 0.6) is 0 Å². The third-order valence-electron chi connectivity index (χ3n) is 13.7. The lowest BCUT2D eigenvalue weighted by Gasteiger charge is -2.50. The Labute approximate surface area is 409 Å². The van der Waals surface area contributed by atoms with Crippen molar-refractivity contribution in [2.75, 3.05) is 40.8 Å². The number of aryl methyl sites for hydroxylation is 1. The number of methoxy groups -OCH3 is 1. The molecule has 1 aromatic rings. The summed E-state index contributed by atoms with van der Waals surface area (Å²) in [7, 11) is 4.93. The minimum absolute atomic E-state index is 0.0107. The molecule has 1 aromatic carbocycles. The number of benzene rings is 1. The molecule has 0 bridgehead atoms. The molecule has 0 saturated carbocycles. The first kappa shape index (κ1) is 58.0. The normalized spacial score (nSPS) is 35.5. The number of aldehydes is 1. The number of hydrogen-bond donors (Lipinski definition) is 3. The first-order valence-corrected chi connectivity index (χ1v) is 25.0. The number of carbonyl (C=O) groups is 5. The van der Waals surface area contributed by atoms with E-state index in [2.05, 4.69) is 22.3 Å². The molecule has 6 unspecified atom stereocenters. The Morgan fingerprint density at radius 2 is 1.62 bits per heavy atom. The Morgan fingerprint density at radius 1 is 0.942 bits per heavy atom. The number of nitrogens with zero attached hydrogens (tertiary/aromatic N) is 2. The van der Waals surface area contributed by atoms with Crippen molar-refractivity contribution in [3.05, 3.63) is 35.9 Å². The van der Waals surface area contributed by atoms with E-state index in [4.69, 9.17) is 37.9 Å². The number of ether oxygens (including phenoxy) is 8. The second-order valence-electron chi connectivity index (χ2n) is 19.7. The quantitative estimate of drug-likeness (QED) is 0.0816. The zero-order chi connectivity index (χ0) is 51.0. The van der Waals surface area contributed by atoms with Crippen molar-refractivity contribution < 1.29 is 72.1 Å². The molecule has 3 N–H and O–H groups in total. The standard InChI is InChI=1S/C51H83N3O15/c1-12-41(59)65-39-28-40(58)52-32(4)22-25-54(24-18-17-21-36-19-15-14-16-20-36)30-38(57)31(3)27-37(23-26-55)47(48(39)62-11)68-50-45(61)44(53(9)10)46(33(5)64-50)67-43-29-51(8,69-35(7)56)49(34(6)63-43)66-42(60)13-2/h14-16,19-20,26,31-34,37-39,43-50,57,61H,12-13,17-18,21-25,27-30H2,1-11H3,(H,52,58)/t31-,32?,33?,34?,37+,38+,39-,43+,44?,45?,46+,47+,48+,49+,50+,51?/m1/s1. The summed E-state index contributed by atoms with van der Waals surface area (Å²) in [6.07, 6.45) is -7.17. The van der Waals surface area contributed by atoms with Crippen LogP contribution in [0.3, 0.4) is 0 Å². The van der Waals surface area contributed by atoms with Crippen LogP contribution >= 0.6 is 0 Å². The van der Waals surface area contributed by atoms with E-state index < -0.39 is 103 Å². The number of aliphatic hydroxyl groups is 2. The lowest BCUT2D eigenvalue weighted by molar-refractivity contribution is -0.344. The van der Waals surface area contributed by atoms with E-state index in [0.717, 1.165) is 32.1 Å². The van der Waals surface area contributed by atoms with Crippen LogP contribution in [-0.2, 0) is 68.3 Å². The smallest absolute Gasteiger partial charge is 0.306 e. The van der Waals surface area contributed by atoms with E-state index in [9.17, 15) is 34.2 Å². The van der Waals surface area contributed by atoms with E-state index in [1.165, 1.54) is 19.6 Å². The summed E-state index contributed by atoms with van der Waals surface area (Å²) in [4.78, 5) is 68.4. The topological polar surface area (TPSA) is 218 Å². The van der Waals surface area contributed by atoms with Crippen LogP contribution in [0.2, 0.25) is 0 Å². The third kappa shape index (κ3) is 17.0. The average molecular weight is 978 g/mol. The number of β-amino-alcohol motifs (C(OH)–C–C–N with tert-alkyl or cyclic N) is 1. The van der Waals surface area contributed by atoms with Gasteiger partial charge in [0, 0.05) is 58.8 Å². The Morgan fingerprint density at radius 3 is 2.25 bits per heavy atom. The number of nitrogens with one attached hydrogen (secondary N) is 1. The second-order valence-corrected chi connectivity index (χ2v) is 19.7. The van der Waals surface area contributed by atoms with Crippen LogP contribution < -0.4 is 5.32 Å². The molecular formula is C51H83N3O15. The first-order chi connectivity index (χ1) is 32.7. The van der Waals surface area contributed by atoms with E-state index in [1.54, 1.807) is 53.6 Å². The molecule has 69 heavy (non-hydrogen) atoms. The molecule has 392 valence electrons. The SMILES string of the molecule is CCC(=O)O[C@@H]1CC(=O)NC(C)CCN(CCCCc2ccccc2)C[C@H](O)[C@H](C)C[C@H](CC=O)[C@H](O[C@@H]2OC(C)[C@H](O[C@H]3CC(C)(OC(C)=O)[C@@H](OC(=O)CC)C(C)O3)C(N(C)C)C2O)[C@H]1OC. The summed E-state index contributed by atoms with van der Waals surface area (Å²) < 4.78 is 49.8. The van der Waals surface area contributed by atoms with Gasteiger partial charge in [-0.1, -0.05) is 51.1 Å². The maximum Gasteiger partial charge on any atom is 0.306 e. The van der Waals surface area contributed by atoms with E-state index in [-0.39, 0.29) is 56.4 Å². The third-order valence-corrected chi connectivity index (χ3v) is 13.7. The zero-order valence-electron chi connectivity index (χ0n) is 42.9. The molecule has 3 aliphatic rings. The fraction of sp³-hybridized carbons (Fsp3) is 0.784. The lowest BCUT2D eigenvalue weighted by Crippen LogP contribution is -2.66. The Bertz CT molecular complexity index is 1760. The number of amides is 1. The number of unbranched alkanes of at least 4 members (excludes halogenated alkanes) is 1. The van der Waals surface area contributed by atoms with Gasteiger partial charge < -0.3 is 68.0 Å². The van der Waals surface area contributed by atoms with Gasteiger partial charge in [-0.05, 0) is 97.8 Å². The van der Waals surface area contributed by atoms with Crippen molar-refractivity contribution in [1.82, 2.24) is 15.1 Å². The van der Waals surface area contributed by atoms with Gasteiger partial charge in [0.2, 0.25) is 5.91 Å². The van der Waals surface area contributed by atoms with Crippen LogP contribution in [0.4, 0.5) is 0 Å². The van der Waals surface area contributed by atoms with Gasteiger partial charge in [-0.15, -0.1) is 0 Å². The molecule has 18 heteroatoms. The lowest BCUT2D eigenvalue weighted by atomic mass is 9.82. The second kappa shape index (κ2) is 27.9. The van der Waals surface area contributed by atoms with Crippen molar-refractivity contribution in [3.63, 3.8) is 0 Å². The number of hydrogen-bond acceptors (Lipinski definition) is 17. The van der Waals surface area contributed by atoms with Gasteiger partial charge >= 0.3 is 17.9 Å². The molecule has 0 spiro atoms. The van der Waals surface area contributed by atoms with Crippen molar-refractivity contribution in [2.24, 2.45) is 11.8 Å². The van der Waals surface area contributed by atoms with Gasteiger partial charge in [-0.2, -0.15) is 0 Å². The predicted molar refractivity (Wildman–Crippen MR) is 254 cm³/mol. The number of likely N-dealkylation sites (N-methyl/N-ethyl adjacent to an activating group) is 1. The van der Waals surface area contributed by atoms with Gasteiger partial charge in [0.15, 0.2) is 24.3 Å². The van der Waals surface area contributed by atoms with E-state index in [1.807, 2.05) is 32.0 Å². The maximum absolute atomic E-state index is 13.9. The fourth-order valence-corrected chi connectivity index (χ4v) is 10.1. The molecule has 3 aliphatic heterocycles. The van der Waals surface area contributed by atoms with Crippen LogP contribution in [-0.4, -0.2) is 176 Å². The average Bonchev–Trinajstić information content (AvgIpc) is 3.28. The summed E-state index contributed by atoms with van der Waals surface area (Å²) in [6, 6.07) is 9.24. The van der Waals surface area contributed by atoms with Gasteiger partial charge in [0.1, 0.15) is 30.7 Å². The highest BCUT2D eigenvalue weighted by Crippen LogP contribution is 2.39. The predicted octanol–water partition coefficient (Wildman–Crippen LogP) is 4.12. The summed E-state index contributed by atoms with van der Waals surface area (Å²) in [6.45, 7) is 15.2. The largest absolute Gasteiger partial charge is 0.459 e. The summed E-state index contributed by atoms with van der Waals surface area (Å²) in [5, 5.41) is 27.3. The maximum atomic E-state index is 13.9. The van der Waals surface area contributed by atoms with Crippen LogP contribution in [0.1, 0.15) is 119 Å². The molecular weight excluding hydrogens is 895 g/mol. The first-order valence-electron chi connectivity index (χ1n) is 25.0. The minimum Gasteiger partial charge on any atom is -0.459 e. The van der Waals surface area contributed by atoms with Crippen molar-refractivity contribution in [1.29, 1.82) is 0 Å². The Kier molecular flexibility index (Phi) is 23.4. The number of aliphatic hydroxyl groups excluding tert-OH is 2. The Hall–Kier alpha value is -3.59. The molecule has 3 fully saturated rings. The molecule has 3 heterocycles. The molecule has 0 aromatic heterocycles. The highest BCUT2D eigenvalue weighted by molar-refractivity contribution is 5.77. The van der Waals surface area contributed by atoms with E-state index in [0.29, 0.717) is 19.5 Å². The zero-order valence-corrected chi connectivity index (χ0v) is 42.9. The van der Waals surface area contributed by atoms with Gasteiger partial charge in [0.25, 0.3) is 0 Å². The monoisotopic (exact) mass is 978 g/mol. The molecule has 1 amide bonds. The van der Waals surface area contributed by atoms with Crippen LogP contribution in [0.25, 0.3) is 0 Å². The summed E-state index contributed by atoms with van der Waals surface area (Å²) >= 11 is 0. The molecule has 4 rings (SSSR count). The molecule has 18 nitrogen and oxygen atoms in total. The summed E-state index contributed by atoms with van der Waals surface area (Å²) in [5.74, 6) is -3.07. The molecule has 0 aliphatic carbocycles. The van der Waals surface area contributed by atoms with Crippen molar-refractivity contribution >= 4 is 30.1 Å². The molecule has 3 saturated heterocycles. The minimum atomic E-state index is -1.41. The molecule has 0 radical (unpaired) electrons. The van der Waals surface area contributed by atoms with Crippen molar-refractivity contribution in [3.8, 4) is 0 Å². The Balaban J connectivity index is 1.66. The molecule has 16 atom stereocenters. The van der Waals surface area contributed by atoms with Gasteiger partial charge in [-0.25, -0.2) is 0 Å². The van der Waals surface area contributed by atoms with E-state index >= 15 is 0 Å². The fourth-order valence-electron chi connectivity index (χ4n) is 10.1. The van der Waals surface area contributed by atoms with Gasteiger partial charge in [-0.3, -0.25) is 19.2 Å². The van der Waals surface area contributed by atoms with Crippen LogP contribution in [0, 0.1) is 11.8 Å². The number of carbonyl (C=O) groups excluding carboxylic acids is 5. The van der Waals surface area contributed by atoms with Gasteiger partial charge in [0.05, 0.1) is 36.9 Å². The van der Waals surface area contributed by atoms with Crippen molar-refractivity contribution in [2.45, 2.75) is 205 Å². The van der Waals surface area contributed by atoms with Crippen LogP contribution in [0.15, 0.2) is 30.3 Å².